The monoisotopic (exact) mass is 566 g/mol. The van der Waals surface area contributed by atoms with E-state index in [4.69, 9.17) is 19.8 Å². The number of hydrogen-bond donors (Lipinski definition) is 2. The highest BCUT2D eigenvalue weighted by Gasteiger charge is 2.38. The van der Waals surface area contributed by atoms with Crippen LogP contribution in [-0.4, -0.2) is 82.1 Å². The van der Waals surface area contributed by atoms with Crippen LogP contribution in [0.3, 0.4) is 0 Å². The molecule has 0 radical (unpaired) electrons. The van der Waals surface area contributed by atoms with Gasteiger partial charge >= 0.3 is 24.3 Å². The van der Waals surface area contributed by atoms with Crippen molar-refractivity contribution in [2.75, 3.05) is 37.6 Å². The normalized spacial score (nSPS) is 14.3. The number of anilines is 1. The number of rotatable bonds is 3. The lowest BCUT2D eigenvalue weighted by molar-refractivity contribution is -0.193. The lowest BCUT2D eigenvalue weighted by atomic mass is 10.0. The van der Waals surface area contributed by atoms with Gasteiger partial charge in [0.25, 0.3) is 0 Å². The third kappa shape index (κ3) is 8.28. The molecule has 1 fully saturated rings. The number of hydrogen-bond acceptors (Lipinski definition) is 7. The SMILES string of the molecule is CCN1CCN(c2ncnc3scc(-c4ccccc4C)c23)CC1.O=C(O)C(F)(F)F.O=C(O)C(F)(F)F. The summed E-state index contributed by atoms with van der Waals surface area (Å²) in [7, 11) is 0. The van der Waals surface area contributed by atoms with Gasteiger partial charge in [0.2, 0.25) is 0 Å². The molecule has 2 aromatic heterocycles. The number of carboxylic acids is 2. The number of nitrogens with zero attached hydrogens (tertiary/aromatic N) is 4. The Balaban J connectivity index is 0.000000301. The van der Waals surface area contributed by atoms with Crippen molar-refractivity contribution >= 4 is 39.3 Å². The van der Waals surface area contributed by atoms with Crippen LogP contribution in [0.4, 0.5) is 32.2 Å². The Morgan fingerprint density at radius 2 is 1.45 bits per heavy atom. The van der Waals surface area contributed by atoms with Gasteiger partial charge < -0.3 is 20.0 Å². The van der Waals surface area contributed by atoms with E-state index in [0.29, 0.717) is 0 Å². The molecule has 15 heteroatoms. The first-order valence-corrected chi connectivity index (χ1v) is 11.9. The van der Waals surface area contributed by atoms with Gasteiger partial charge in [0.05, 0.1) is 5.39 Å². The summed E-state index contributed by atoms with van der Waals surface area (Å²) in [4.78, 5) is 33.0. The number of carbonyl (C=O) groups is 2. The molecule has 0 amide bonds. The predicted octanol–water partition coefficient (Wildman–Crippen LogP) is 5.08. The summed E-state index contributed by atoms with van der Waals surface area (Å²) >= 11 is 1.71. The highest BCUT2D eigenvalue weighted by atomic mass is 32.1. The van der Waals surface area contributed by atoms with Gasteiger partial charge in [-0.1, -0.05) is 31.2 Å². The molecule has 38 heavy (non-hydrogen) atoms. The van der Waals surface area contributed by atoms with Gasteiger partial charge in [-0.3, -0.25) is 0 Å². The molecule has 3 aromatic rings. The van der Waals surface area contributed by atoms with Gasteiger partial charge in [0.15, 0.2) is 0 Å². The van der Waals surface area contributed by atoms with E-state index in [0.717, 1.165) is 43.4 Å². The first-order valence-electron chi connectivity index (χ1n) is 11.0. The van der Waals surface area contributed by atoms with Crippen LogP contribution in [0.15, 0.2) is 36.0 Å². The minimum absolute atomic E-state index is 1.03. The molecule has 1 aromatic carbocycles. The largest absolute Gasteiger partial charge is 0.490 e. The number of benzene rings is 1. The van der Waals surface area contributed by atoms with Crippen LogP contribution in [0, 0.1) is 6.92 Å². The van der Waals surface area contributed by atoms with Gasteiger partial charge in [-0.2, -0.15) is 26.3 Å². The highest BCUT2D eigenvalue weighted by molar-refractivity contribution is 7.17. The number of piperazine rings is 1. The number of fused-ring (bicyclic) bond motifs is 1. The van der Waals surface area contributed by atoms with Crippen molar-refractivity contribution in [3.63, 3.8) is 0 Å². The highest BCUT2D eigenvalue weighted by Crippen LogP contribution is 2.39. The number of thiophene rings is 1. The molecule has 208 valence electrons. The number of alkyl halides is 6. The molecule has 4 rings (SSSR count). The van der Waals surface area contributed by atoms with Crippen molar-refractivity contribution in [3.05, 3.63) is 41.5 Å². The van der Waals surface area contributed by atoms with Crippen molar-refractivity contribution < 1.29 is 46.1 Å². The maximum atomic E-state index is 10.6. The van der Waals surface area contributed by atoms with Gasteiger partial charge in [-0.25, -0.2) is 19.6 Å². The maximum Gasteiger partial charge on any atom is 0.490 e. The van der Waals surface area contributed by atoms with E-state index in [2.05, 4.69) is 63.3 Å². The molecule has 0 unspecified atom stereocenters. The van der Waals surface area contributed by atoms with E-state index >= 15 is 0 Å². The zero-order valence-corrected chi connectivity index (χ0v) is 21.0. The number of halogens is 6. The van der Waals surface area contributed by atoms with Crippen LogP contribution in [-0.2, 0) is 9.59 Å². The van der Waals surface area contributed by atoms with E-state index in [-0.39, 0.29) is 0 Å². The van der Waals surface area contributed by atoms with Gasteiger partial charge in [0, 0.05) is 37.1 Å². The minimum atomic E-state index is -5.08. The van der Waals surface area contributed by atoms with E-state index in [1.807, 2.05) is 0 Å². The summed E-state index contributed by atoms with van der Waals surface area (Å²) in [6, 6.07) is 8.56. The minimum Gasteiger partial charge on any atom is -0.475 e. The molecule has 1 saturated heterocycles. The molecular weight excluding hydrogens is 542 g/mol. The summed E-state index contributed by atoms with van der Waals surface area (Å²) in [6.45, 7) is 9.79. The van der Waals surface area contributed by atoms with Gasteiger partial charge in [-0.15, -0.1) is 11.3 Å². The molecule has 0 bridgehead atoms. The van der Waals surface area contributed by atoms with E-state index in [1.54, 1.807) is 17.7 Å². The van der Waals surface area contributed by atoms with Crippen molar-refractivity contribution in [1.29, 1.82) is 0 Å². The molecule has 8 nitrogen and oxygen atoms in total. The van der Waals surface area contributed by atoms with Crippen molar-refractivity contribution in [1.82, 2.24) is 14.9 Å². The molecule has 3 heterocycles. The predicted molar refractivity (Wildman–Crippen MR) is 129 cm³/mol. The van der Waals surface area contributed by atoms with Crippen molar-refractivity contribution in [2.24, 2.45) is 0 Å². The maximum absolute atomic E-state index is 10.6. The van der Waals surface area contributed by atoms with Crippen LogP contribution in [0.5, 0.6) is 0 Å². The molecule has 0 spiro atoms. The van der Waals surface area contributed by atoms with Crippen LogP contribution in [0.2, 0.25) is 0 Å². The van der Waals surface area contributed by atoms with Crippen LogP contribution >= 0.6 is 11.3 Å². The second kappa shape index (κ2) is 12.9. The summed E-state index contributed by atoms with van der Waals surface area (Å²) in [5, 5.41) is 17.7. The summed E-state index contributed by atoms with van der Waals surface area (Å²) in [5.41, 5.74) is 3.84. The fraction of sp³-hybridized carbons (Fsp3) is 0.391. The third-order valence-corrected chi connectivity index (χ3v) is 6.28. The molecule has 0 aliphatic carbocycles. The second-order valence-corrected chi connectivity index (χ2v) is 8.73. The molecular formula is C23H24F6N4O4S. The average Bonchev–Trinajstić information content (AvgIpc) is 3.28. The Bertz CT molecular complexity index is 1220. The van der Waals surface area contributed by atoms with Crippen LogP contribution in [0.25, 0.3) is 21.3 Å². The molecule has 1 aliphatic heterocycles. The fourth-order valence-electron chi connectivity index (χ4n) is 3.45. The number of likely N-dealkylation sites (N-methyl/N-ethyl adjacent to an activating group) is 1. The number of aliphatic carboxylic acids is 2. The Hall–Kier alpha value is -3.46. The fourth-order valence-corrected chi connectivity index (χ4v) is 4.35. The Morgan fingerprint density at radius 3 is 1.92 bits per heavy atom. The smallest absolute Gasteiger partial charge is 0.475 e. The van der Waals surface area contributed by atoms with Crippen molar-refractivity contribution in [3.8, 4) is 11.1 Å². The van der Waals surface area contributed by atoms with Crippen LogP contribution in [0.1, 0.15) is 12.5 Å². The topological polar surface area (TPSA) is 107 Å². The zero-order valence-electron chi connectivity index (χ0n) is 20.2. The summed E-state index contributed by atoms with van der Waals surface area (Å²) in [6.07, 6.45) is -8.46. The van der Waals surface area contributed by atoms with Crippen molar-refractivity contribution in [2.45, 2.75) is 26.2 Å². The van der Waals surface area contributed by atoms with Gasteiger partial charge in [0.1, 0.15) is 17.0 Å². The molecule has 1 aliphatic rings. The Labute approximate surface area is 217 Å². The van der Waals surface area contributed by atoms with E-state index in [1.165, 1.54) is 22.1 Å². The first-order chi connectivity index (χ1) is 17.7. The number of aromatic nitrogens is 2. The number of carboxylic acid groups (broad SMARTS) is 2. The summed E-state index contributed by atoms with van der Waals surface area (Å²) < 4.78 is 63.5. The molecule has 2 N–H and O–H groups in total. The first kappa shape index (κ1) is 30.8. The zero-order chi connectivity index (χ0) is 28.7. The Kier molecular flexibility index (Phi) is 10.4. The quantitative estimate of drug-likeness (QED) is 0.423. The standard InChI is InChI=1S/C19H22N4S.2C2HF3O2/c1-3-22-8-10-23(11-9-22)18-17-16(12-24-19(17)21-13-20-18)15-7-5-4-6-14(15)2;2*3-2(4,5)1(6)7/h4-7,12-13H,3,8-11H2,1-2H3;2*(H,6,7). The molecule has 0 atom stereocenters. The number of aryl methyl sites for hydroxylation is 1. The Morgan fingerprint density at radius 1 is 0.921 bits per heavy atom. The van der Waals surface area contributed by atoms with Crippen LogP contribution < -0.4 is 4.90 Å². The second-order valence-electron chi connectivity index (χ2n) is 7.87. The third-order valence-electron chi connectivity index (χ3n) is 5.39. The van der Waals surface area contributed by atoms with E-state index < -0.39 is 24.3 Å². The lowest BCUT2D eigenvalue weighted by Gasteiger charge is -2.35. The summed E-state index contributed by atoms with van der Waals surface area (Å²) in [5.74, 6) is -4.42. The lowest BCUT2D eigenvalue weighted by Crippen LogP contribution is -2.46. The van der Waals surface area contributed by atoms with Gasteiger partial charge in [-0.05, 0) is 24.6 Å². The van der Waals surface area contributed by atoms with E-state index in [9.17, 15) is 26.3 Å². The molecule has 0 saturated carbocycles. The average molecular weight is 567 g/mol.